The lowest BCUT2D eigenvalue weighted by Crippen LogP contribution is -2.30. The van der Waals surface area contributed by atoms with E-state index >= 15 is 0 Å². The number of carbonyl (C=O) groups excluding carboxylic acids is 2. The van der Waals surface area contributed by atoms with Crippen LogP contribution in [0.5, 0.6) is 0 Å². The zero-order valence-electron chi connectivity index (χ0n) is 15.6. The standard InChI is InChI=1S/C19H30O5/c1-8-19(7,22)12-17(23-15(5)20)11-14(4)18(24-16(6)21)10-9-13(2)3/h8-9,11,17-18,22H,1,10,12H2,2-7H3/b14-11+. The first kappa shape index (κ1) is 22.1. The SMILES string of the molecule is C=CC(C)(O)CC(/C=C(\C)C(CC=C(C)C)OC(C)=O)OC(C)=O. The maximum atomic E-state index is 11.3. The van der Waals surface area contributed by atoms with Gasteiger partial charge in [-0.15, -0.1) is 6.58 Å². The molecule has 0 bridgehead atoms. The molecule has 0 saturated carbocycles. The van der Waals surface area contributed by atoms with E-state index < -0.39 is 23.8 Å². The van der Waals surface area contributed by atoms with Crippen molar-refractivity contribution in [2.24, 2.45) is 0 Å². The highest BCUT2D eigenvalue weighted by molar-refractivity contribution is 5.67. The molecule has 0 aromatic rings. The molecule has 0 saturated heterocycles. The Bertz CT molecular complexity index is 510. The Hall–Kier alpha value is -1.88. The van der Waals surface area contributed by atoms with Gasteiger partial charge < -0.3 is 14.6 Å². The van der Waals surface area contributed by atoms with Gasteiger partial charge in [-0.3, -0.25) is 9.59 Å². The van der Waals surface area contributed by atoms with Crippen LogP contribution < -0.4 is 0 Å². The summed E-state index contributed by atoms with van der Waals surface area (Å²) in [7, 11) is 0. The van der Waals surface area contributed by atoms with Crippen LogP contribution in [0.4, 0.5) is 0 Å². The normalized spacial score (nSPS) is 16.4. The molecule has 3 atom stereocenters. The van der Waals surface area contributed by atoms with E-state index in [4.69, 9.17) is 9.47 Å². The maximum absolute atomic E-state index is 11.3. The third kappa shape index (κ3) is 10.0. The fourth-order valence-corrected chi connectivity index (χ4v) is 2.11. The van der Waals surface area contributed by atoms with E-state index in [1.807, 2.05) is 26.8 Å². The second kappa shape index (κ2) is 10.1. The molecule has 0 amide bonds. The van der Waals surface area contributed by atoms with Crippen LogP contribution in [-0.4, -0.2) is 34.9 Å². The number of hydrogen-bond acceptors (Lipinski definition) is 5. The van der Waals surface area contributed by atoms with Gasteiger partial charge in [-0.2, -0.15) is 0 Å². The Morgan fingerprint density at radius 1 is 1.12 bits per heavy atom. The number of ether oxygens (including phenoxy) is 2. The van der Waals surface area contributed by atoms with Crippen molar-refractivity contribution in [2.75, 3.05) is 0 Å². The van der Waals surface area contributed by atoms with Crippen molar-refractivity contribution >= 4 is 11.9 Å². The predicted octanol–water partition coefficient (Wildman–Crippen LogP) is 3.48. The second-order valence-corrected chi connectivity index (χ2v) is 6.44. The van der Waals surface area contributed by atoms with E-state index in [0.717, 1.165) is 11.1 Å². The number of hydrogen-bond donors (Lipinski definition) is 1. The van der Waals surface area contributed by atoms with Crippen LogP contribution in [0, 0.1) is 0 Å². The molecular formula is C19H30O5. The Morgan fingerprint density at radius 3 is 2.08 bits per heavy atom. The largest absolute Gasteiger partial charge is 0.458 e. The minimum absolute atomic E-state index is 0.170. The molecule has 0 rings (SSSR count). The van der Waals surface area contributed by atoms with Gasteiger partial charge in [-0.25, -0.2) is 0 Å². The van der Waals surface area contributed by atoms with Gasteiger partial charge in [0.25, 0.3) is 0 Å². The highest BCUT2D eigenvalue weighted by Crippen LogP contribution is 2.21. The molecule has 0 aliphatic rings. The Balaban J connectivity index is 5.41. The summed E-state index contributed by atoms with van der Waals surface area (Å²) in [6.45, 7) is 13.6. The lowest BCUT2D eigenvalue weighted by molar-refractivity contribution is -0.147. The molecule has 0 radical (unpaired) electrons. The van der Waals surface area contributed by atoms with Crippen molar-refractivity contribution in [1.82, 2.24) is 0 Å². The summed E-state index contributed by atoms with van der Waals surface area (Å²) in [5.41, 5.74) is 0.702. The van der Waals surface area contributed by atoms with Crippen molar-refractivity contribution in [2.45, 2.75) is 72.2 Å². The van der Waals surface area contributed by atoms with Crippen LogP contribution in [0.2, 0.25) is 0 Å². The molecule has 24 heavy (non-hydrogen) atoms. The smallest absolute Gasteiger partial charge is 0.303 e. The van der Waals surface area contributed by atoms with Gasteiger partial charge in [-0.05, 0) is 39.3 Å². The van der Waals surface area contributed by atoms with E-state index in [1.165, 1.54) is 19.9 Å². The average Bonchev–Trinajstić information content (AvgIpc) is 2.41. The molecule has 0 heterocycles. The molecule has 136 valence electrons. The van der Waals surface area contributed by atoms with E-state index in [2.05, 4.69) is 6.58 Å². The van der Waals surface area contributed by atoms with Crippen molar-refractivity contribution in [3.05, 3.63) is 36.0 Å². The van der Waals surface area contributed by atoms with Crippen LogP contribution in [0.25, 0.3) is 0 Å². The second-order valence-electron chi connectivity index (χ2n) is 6.44. The first-order chi connectivity index (χ1) is 11.0. The average molecular weight is 338 g/mol. The molecule has 0 spiro atoms. The number of aliphatic hydroxyl groups is 1. The topological polar surface area (TPSA) is 72.8 Å². The summed E-state index contributed by atoms with van der Waals surface area (Å²) < 4.78 is 10.6. The lowest BCUT2D eigenvalue weighted by atomic mass is 9.96. The van der Waals surface area contributed by atoms with Gasteiger partial charge in [0.1, 0.15) is 12.2 Å². The summed E-state index contributed by atoms with van der Waals surface area (Å²) in [5, 5.41) is 10.1. The molecular weight excluding hydrogens is 308 g/mol. The van der Waals surface area contributed by atoms with Gasteiger partial charge in [0.2, 0.25) is 0 Å². The van der Waals surface area contributed by atoms with E-state index in [-0.39, 0.29) is 12.4 Å². The van der Waals surface area contributed by atoms with Crippen LogP contribution >= 0.6 is 0 Å². The highest BCUT2D eigenvalue weighted by atomic mass is 16.5. The molecule has 5 nitrogen and oxygen atoms in total. The number of carbonyl (C=O) groups is 2. The monoisotopic (exact) mass is 338 g/mol. The fourth-order valence-electron chi connectivity index (χ4n) is 2.11. The first-order valence-corrected chi connectivity index (χ1v) is 7.99. The molecule has 0 aromatic heterocycles. The zero-order valence-corrected chi connectivity index (χ0v) is 15.6. The van der Waals surface area contributed by atoms with Gasteiger partial charge in [0.05, 0.1) is 5.60 Å². The Labute approximate surface area is 145 Å². The summed E-state index contributed by atoms with van der Waals surface area (Å²) >= 11 is 0. The lowest BCUT2D eigenvalue weighted by Gasteiger charge is -2.25. The van der Waals surface area contributed by atoms with E-state index in [0.29, 0.717) is 6.42 Å². The minimum Gasteiger partial charge on any atom is -0.458 e. The molecule has 0 aliphatic carbocycles. The summed E-state index contributed by atoms with van der Waals surface area (Å²) in [4.78, 5) is 22.7. The maximum Gasteiger partial charge on any atom is 0.303 e. The van der Waals surface area contributed by atoms with Crippen LogP contribution in [0.15, 0.2) is 36.0 Å². The van der Waals surface area contributed by atoms with E-state index in [9.17, 15) is 14.7 Å². The quantitative estimate of drug-likeness (QED) is 0.515. The van der Waals surface area contributed by atoms with Crippen LogP contribution in [0.1, 0.15) is 54.4 Å². The third-order valence-corrected chi connectivity index (χ3v) is 3.38. The highest BCUT2D eigenvalue weighted by Gasteiger charge is 2.24. The van der Waals surface area contributed by atoms with Crippen molar-refractivity contribution in [1.29, 1.82) is 0 Å². The van der Waals surface area contributed by atoms with Crippen LogP contribution in [-0.2, 0) is 19.1 Å². The third-order valence-electron chi connectivity index (χ3n) is 3.38. The summed E-state index contributed by atoms with van der Waals surface area (Å²) in [5.74, 6) is -0.825. The molecule has 0 aromatic carbocycles. The molecule has 0 fully saturated rings. The molecule has 5 heteroatoms. The van der Waals surface area contributed by atoms with Gasteiger partial charge >= 0.3 is 11.9 Å². The predicted molar refractivity (Wildman–Crippen MR) is 94.4 cm³/mol. The van der Waals surface area contributed by atoms with E-state index in [1.54, 1.807) is 13.0 Å². The summed E-state index contributed by atoms with van der Waals surface area (Å²) in [6, 6.07) is 0. The molecule has 1 N–H and O–H groups in total. The zero-order chi connectivity index (χ0) is 18.9. The number of rotatable bonds is 9. The first-order valence-electron chi connectivity index (χ1n) is 7.99. The van der Waals surface area contributed by atoms with Crippen molar-refractivity contribution in [3.8, 4) is 0 Å². The van der Waals surface area contributed by atoms with Crippen LogP contribution in [0.3, 0.4) is 0 Å². The molecule has 3 unspecified atom stereocenters. The number of allylic oxidation sites excluding steroid dienone is 1. The fraction of sp³-hybridized carbons (Fsp3) is 0.579. The van der Waals surface area contributed by atoms with Gasteiger partial charge in [0, 0.05) is 26.7 Å². The van der Waals surface area contributed by atoms with Crippen molar-refractivity contribution in [3.63, 3.8) is 0 Å². The van der Waals surface area contributed by atoms with Gasteiger partial charge in [0.15, 0.2) is 0 Å². The Kier molecular flexibility index (Phi) is 9.29. The van der Waals surface area contributed by atoms with Gasteiger partial charge in [-0.1, -0.05) is 17.7 Å². The summed E-state index contributed by atoms with van der Waals surface area (Å²) in [6.07, 6.45) is 4.72. The Morgan fingerprint density at radius 2 is 1.67 bits per heavy atom. The number of esters is 2. The minimum atomic E-state index is -1.17. The molecule has 0 aliphatic heterocycles. The van der Waals surface area contributed by atoms with Crippen molar-refractivity contribution < 1.29 is 24.2 Å².